The summed E-state index contributed by atoms with van der Waals surface area (Å²) >= 11 is 0. The first kappa shape index (κ1) is 15.9. The zero-order valence-electron chi connectivity index (χ0n) is 12.9. The van der Waals surface area contributed by atoms with E-state index in [1.54, 1.807) is 35.5 Å². The molecule has 2 N–H and O–H groups in total. The first-order valence-corrected chi connectivity index (χ1v) is 7.61. The second-order valence-electron chi connectivity index (χ2n) is 5.57. The Morgan fingerprint density at radius 2 is 2.08 bits per heavy atom. The van der Waals surface area contributed by atoms with Gasteiger partial charge in [0.15, 0.2) is 0 Å². The Morgan fingerprint density at radius 3 is 2.79 bits per heavy atom. The highest BCUT2D eigenvalue weighted by Gasteiger charge is 2.31. The molecule has 0 saturated carbocycles. The largest absolute Gasteiger partial charge is 0.334 e. The molecule has 1 aliphatic rings. The van der Waals surface area contributed by atoms with E-state index < -0.39 is 0 Å². The highest BCUT2D eigenvalue weighted by molar-refractivity contribution is 5.96. The number of hydrogen-bond donors (Lipinski definition) is 2. The van der Waals surface area contributed by atoms with E-state index in [4.69, 9.17) is 0 Å². The molecule has 0 radical (unpaired) electrons. The quantitative estimate of drug-likeness (QED) is 0.899. The van der Waals surface area contributed by atoms with Crippen molar-refractivity contribution in [1.29, 1.82) is 0 Å². The highest BCUT2D eigenvalue weighted by Crippen LogP contribution is 2.21. The first-order chi connectivity index (χ1) is 11.6. The molecule has 0 unspecified atom stereocenters. The Labute approximate surface area is 138 Å². The Kier molecular flexibility index (Phi) is 4.69. The van der Waals surface area contributed by atoms with E-state index in [1.807, 2.05) is 6.07 Å². The molecule has 1 fully saturated rings. The summed E-state index contributed by atoms with van der Waals surface area (Å²) in [7, 11) is 0. The van der Waals surface area contributed by atoms with Crippen LogP contribution >= 0.6 is 0 Å². The lowest BCUT2D eigenvalue weighted by atomic mass is 10.2. The topological polar surface area (TPSA) is 74.3 Å². The van der Waals surface area contributed by atoms with Crippen molar-refractivity contribution < 1.29 is 14.0 Å². The third kappa shape index (κ3) is 3.87. The average Bonchev–Trinajstić information content (AvgIpc) is 2.95. The van der Waals surface area contributed by atoms with Gasteiger partial charge in [-0.1, -0.05) is 6.07 Å². The number of pyridine rings is 1. The van der Waals surface area contributed by atoms with Crippen LogP contribution in [0.4, 0.5) is 14.9 Å². The zero-order chi connectivity index (χ0) is 16.9. The lowest BCUT2D eigenvalue weighted by molar-refractivity contribution is -0.117. The van der Waals surface area contributed by atoms with E-state index in [1.165, 1.54) is 12.1 Å². The summed E-state index contributed by atoms with van der Waals surface area (Å²) in [6.45, 7) is 0.729. The van der Waals surface area contributed by atoms with Crippen LogP contribution in [0.2, 0.25) is 0 Å². The van der Waals surface area contributed by atoms with Gasteiger partial charge < -0.3 is 15.5 Å². The van der Waals surface area contributed by atoms with Crippen LogP contribution in [-0.2, 0) is 11.3 Å². The van der Waals surface area contributed by atoms with Crippen molar-refractivity contribution in [3.05, 3.63) is 60.2 Å². The summed E-state index contributed by atoms with van der Waals surface area (Å²) < 4.78 is 13.0. The van der Waals surface area contributed by atoms with E-state index in [9.17, 15) is 14.0 Å². The number of halogens is 1. The molecule has 7 heteroatoms. The maximum absolute atomic E-state index is 13.0. The van der Waals surface area contributed by atoms with Crippen LogP contribution in [0.15, 0.2) is 48.8 Å². The molecule has 1 saturated heterocycles. The first-order valence-electron chi connectivity index (χ1n) is 7.61. The predicted octanol–water partition coefficient (Wildman–Crippen LogP) is 1.83. The molecule has 2 aromatic rings. The molecule has 0 aliphatic carbocycles. The normalized spacial score (nSPS) is 17.0. The number of nitrogens with one attached hydrogen (secondary N) is 2. The van der Waals surface area contributed by atoms with Gasteiger partial charge in [-0.3, -0.25) is 9.78 Å². The van der Waals surface area contributed by atoms with Crippen LogP contribution in [0.1, 0.15) is 12.0 Å². The molecule has 2 heterocycles. The van der Waals surface area contributed by atoms with E-state index in [-0.39, 0.29) is 30.2 Å². The van der Waals surface area contributed by atoms with Crippen LogP contribution in [0, 0.1) is 5.82 Å². The minimum absolute atomic E-state index is 0.0980. The van der Waals surface area contributed by atoms with Gasteiger partial charge in [0.25, 0.3) is 0 Å². The summed E-state index contributed by atoms with van der Waals surface area (Å²) in [5.41, 5.74) is 1.52. The number of carbonyl (C=O) groups is 2. The van der Waals surface area contributed by atoms with Gasteiger partial charge >= 0.3 is 6.03 Å². The van der Waals surface area contributed by atoms with E-state index in [0.29, 0.717) is 18.8 Å². The lowest BCUT2D eigenvalue weighted by Gasteiger charge is -2.17. The molecule has 1 atom stereocenters. The SMILES string of the molecule is O=C(NCc1cccnc1)N[C@@H]1CC(=O)N(c2ccc(F)cc2)C1. The summed E-state index contributed by atoms with van der Waals surface area (Å²) in [5.74, 6) is -0.450. The molecule has 124 valence electrons. The van der Waals surface area contributed by atoms with Gasteiger partial charge in [0.2, 0.25) is 5.91 Å². The summed E-state index contributed by atoms with van der Waals surface area (Å²) in [5, 5.41) is 5.52. The van der Waals surface area contributed by atoms with Crippen molar-refractivity contribution in [1.82, 2.24) is 15.6 Å². The molecule has 0 spiro atoms. The molecular weight excluding hydrogens is 311 g/mol. The lowest BCUT2D eigenvalue weighted by Crippen LogP contribution is -2.43. The Balaban J connectivity index is 1.52. The fourth-order valence-electron chi connectivity index (χ4n) is 2.60. The van der Waals surface area contributed by atoms with Gasteiger partial charge in [0, 0.05) is 37.6 Å². The highest BCUT2D eigenvalue weighted by atomic mass is 19.1. The summed E-state index contributed by atoms with van der Waals surface area (Å²) in [6, 6.07) is 8.77. The van der Waals surface area contributed by atoms with Crippen molar-refractivity contribution in [3.63, 3.8) is 0 Å². The number of benzene rings is 1. The Hall–Kier alpha value is -2.96. The summed E-state index contributed by atoms with van der Waals surface area (Å²) in [6.07, 6.45) is 3.56. The molecule has 1 aromatic heterocycles. The van der Waals surface area contributed by atoms with Crippen LogP contribution in [-0.4, -0.2) is 29.5 Å². The van der Waals surface area contributed by atoms with E-state index in [0.717, 1.165) is 5.56 Å². The molecular formula is C17H17FN4O2. The average molecular weight is 328 g/mol. The third-order valence-corrected chi connectivity index (χ3v) is 3.77. The second-order valence-corrected chi connectivity index (χ2v) is 5.57. The fraction of sp³-hybridized carbons (Fsp3) is 0.235. The molecule has 1 aliphatic heterocycles. The van der Waals surface area contributed by atoms with Crippen LogP contribution < -0.4 is 15.5 Å². The van der Waals surface area contributed by atoms with Gasteiger partial charge in [0.1, 0.15) is 5.82 Å². The van der Waals surface area contributed by atoms with Crippen LogP contribution in [0.3, 0.4) is 0 Å². The molecule has 3 rings (SSSR count). The van der Waals surface area contributed by atoms with Gasteiger partial charge in [-0.2, -0.15) is 0 Å². The smallest absolute Gasteiger partial charge is 0.315 e. The van der Waals surface area contributed by atoms with Gasteiger partial charge in [0.05, 0.1) is 6.04 Å². The maximum Gasteiger partial charge on any atom is 0.315 e. The minimum atomic E-state index is -0.352. The van der Waals surface area contributed by atoms with E-state index in [2.05, 4.69) is 15.6 Å². The molecule has 24 heavy (non-hydrogen) atoms. The van der Waals surface area contributed by atoms with Crippen LogP contribution in [0.25, 0.3) is 0 Å². The molecule has 3 amide bonds. The second kappa shape index (κ2) is 7.08. The van der Waals surface area contributed by atoms with Crippen molar-refractivity contribution >= 4 is 17.6 Å². The number of nitrogens with zero attached hydrogens (tertiary/aromatic N) is 2. The zero-order valence-corrected chi connectivity index (χ0v) is 12.9. The van der Waals surface area contributed by atoms with Gasteiger partial charge in [-0.05, 0) is 35.9 Å². The monoisotopic (exact) mass is 328 g/mol. The van der Waals surface area contributed by atoms with Crippen LogP contribution in [0.5, 0.6) is 0 Å². The fourth-order valence-corrected chi connectivity index (χ4v) is 2.60. The number of anilines is 1. The number of aromatic nitrogens is 1. The summed E-state index contributed by atoms with van der Waals surface area (Å²) in [4.78, 5) is 29.6. The van der Waals surface area contributed by atoms with Crippen molar-refractivity contribution in [2.24, 2.45) is 0 Å². The standard InChI is InChI=1S/C17H17FN4O2/c18-13-3-5-15(6-4-13)22-11-14(8-16(22)23)21-17(24)20-10-12-2-1-7-19-9-12/h1-7,9,14H,8,10-11H2,(H2,20,21,24)/t14-/m1/s1. The van der Waals surface area contributed by atoms with Gasteiger partial charge in [-0.25, -0.2) is 9.18 Å². The third-order valence-electron chi connectivity index (χ3n) is 3.77. The minimum Gasteiger partial charge on any atom is -0.334 e. The number of rotatable bonds is 4. The Bertz CT molecular complexity index is 721. The number of amides is 3. The molecule has 0 bridgehead atoms. The van der Waals surface area contributed by atoms with Crippen molar-refractivity contribution in [2.45, 2.75) is 19.0 Å². The number of hydrogen-bond acceptors (Lipinski definition) is 3. The van der Waals surface area contributed by atoms with Gasteiger partial charge in [-0.15, -0.1) is 0 Å². The van der Waals surface area contributed by atoms with E-state index >= 15 is 0 Å². The Morgan fingerprint density at radius 1 is 1.29 bits per heavy atom. The van der Waals surface area contributed by atoms with Crippen molar-refractivity contribution in [2.75, 3.05) is 11.4 Å². The molecule has 1 aromatic carbocycles. The predicted molar refractivity (Wildman–Crippen MR) is 86.8 cm³/mol. The molecule has 6 nitrogen and oxygen atoms in total. The maximum atomic E-state index is 13.0. The van der Waals surface area contributed by atoms with Crippen molar-refractivity contribution in [3.8, 4) is 0 Å². The number of carbonyl (C=O) groups excluding carboxylic acids is 2. The number of urea groups is 1.